The number of aromatic hydroxyl groups is 2. The van der Waals surface area contributed by atoms with Crippen LogP contribution in [-0.2, 0) is 26.2 Å². The van der Waals surface area contributed by atoms with Crippen LogP contribution in [0.15, 0.2) is 30.3 Å². The number of hydrogen-bond acceptors (Lipinski definition) is 7. The average Bonchev–Trinajstić information content (AvgIpc) is 2.63. The van der Waals surface area contributed by atoms with Gasteiger partial charge in [-0.15, -0.1) is 0 Å². The van der Waals surface area contributed by atoms with Crippen LogP contribution in [0, 0.1) is 5.82 Å². The number of methoxy groups -OCH3 is 1. The minimum atomic E-state index is -1.99. The molecule has 0 spiro atoms. The monoisotopic (exact) mass is 376 g/mol. The van der Waals surface area contributed by atoms with Gasteiger partial charge in [-0.1, -0.05) is 0 Å². The van der Waals surface area contributed by atoms with Crippen molar-refractivity contribution in [3.05, 3.63) is 47.3 Å². The fourth-order valence-electron chi connectivity index (χ4n) is 3.07. The van der Waals surface area contributed by atoms with Gasteiger partial charge in [0.1, 0.15) is 11.6 Å². The van der Waals surface area contributed by atoms with Crippen LogP contribution in [0.2, 0.25) is 0 Å². The number of fused-ring (bicyclic) bond motifs is 1. The summed E-state index contributed by atoms with van der Waals surface area (Å²) in [6.07, 6.45) is -0.245. The van der Waals surface area contributed by atoms with Crippen molar-refractivity contribution >= 4 is 11.9 Å². The van der Waals surface area contributed by atoms with E-state index in [2.05, 4.69) is 0 Å². The van der Waals surface area contributed by atoms with E-state index in [9.17, 15) is 24.2 Å². The van der Waals surface area contributed by atoms with E-state index in [1.54, 1.807) is 6.92 Å². The largest absolute Gasteiger partial charge is 0.504 e. The molecule has 0 saturated heterocycles. The molecule has 7 nitrogen and oxygen atoms in total. The number of phenols is 2. The molecule has 1 aliphatic heterocycles. The van der Waals surface area contributed by atoms with Crippen molar-refractivity contribution in [2.45, 2.75) is 18.8 Å². The van der Waals surface area contributed by atoms with Crippen LogP contribution in [0.1, 0.15) is 18.1 Å². The lowest BCUT2D eigenvalue weighted by Gasteiger charge is -2.34. The van der Waals surface area contributed by atoms with Crippen molar-refractivity contribution in [1.82, 2.24) is 0 Å². The van der Waals surface area contributed by atoms with Crippen molar-refractivity contribution in [3.63, 3.8) is 0 Å². The summed E-state index contributed by atoms with van der Waals surface area (Å²) in [6.45, 7) is 1.56. The van der Waals surface area contributed by atoms with Crippen molar-refractivity contribution < 1.29 is 38.4 Å². The molecule has 2 N–H and O–H groups in total. The Morgan fingerprint density at radius 3 is 2.70 bits per heavy atom. The molecule has 0 amide bonds. The molecule has 0 aromatic heterocycles. The summed E-state index contributed by atoms with van der Waals surface area (Å²) in [4.78, 5) is 25.7. The molecule has 142 valence electrons. The molecule has 2 aromatic rings. The van der Waals surface area contributed by atoms with Crippen LogP contribution < -0.4 is 9.47 Å². The lowest BCUT2D eigenvalue weighted by Crippen LogP contribution is -2.51. The van der Waals surface area contributed by atoms with Gasteiger partial charge in [0.15, 0.2) is 16.9 Å². The number of hydrogen-bond donors (Lipinski definition) is 2. The summed E-state index contributed by atoms with van der Waals surface area (Å²) < 4.78 is 29.0. The molecular weight excluding hydrogens is 359 g/mol. The molecule has 2 aromatic carbocycles. The SMILES string of the molecule is CCOC(=O)C1(c2cc(O)c(O)c(OC)c2)Cc2cc(F)ccc2OC1=O. The Labute approximate surface area is 153 Å². The zero-order valence-electron chi connectivity index (χ0n) is 14.6. The van der Waals surface area contributed by atoms with Gasteiger partial charge in [0, 0.05) is 6.42 Å². The van der Waals surface area contributed by atoms with Crippen molar-refractivity contribution in [2.75, 3.05) is 13.7 Å². The van der Waals surface area contributed by atoms with Crippen LogP contribution in [0.4, 0.5) is 4.39 Å². The molecule has 27 heavy (non-hydrogen) atoms. The minimum Gasteiger partial charge on any atom is -0.504 e. The molecular formula is C19H17FO7. The van der Waals surface area contributed by atoms with Crippen LogP contribution in [0.5, 0.6) is 23.0 Å². The molecule has 0 radical (unpaired) electrons. The van der Waals surface area contributed by atoms with Crippen LogP contribution in [0.25, 0.3) is 0 Å². The molecule has 8 heteroatoms. The highest BCUT2D eigenvalue weighted by molar-refractivity contribution is 6.08. The second-order valence-corrected chi connectivity index (χ2v) is 5.99. The third kappa shape index (κ3) is 2.92. The van der Waals surface area contributed by atoms with E-state index in [1.807, 2.05) is 0 Å². The molecule has 0 bridgehead atoms. The third-order valence-electron chi connectivity index (χ3n) is 4.42. The number of carbonyl (C=O) groups is 2. The van der Waals surface area contributed by atoms with Crippen molar-refractivity contribution in [1.29, 1.82) is 0 Å². The van der Waals surface area contributed by atoms with Gasteiger partial charge >= 0.3 is 11.9 Å². The van der Waals surface area contributed by atoms with Gasteiger partial charge < -0.3 is 24.4 Å². The summed E-state index contributed by atoms with van der Waals surface area (Å²) >= 11 is 0. The van der Waals surface area contributed by atoms with Crippen molar-refractivity contribution in [3.8, 4) is 23.0 Å². The number of rotatable bonds is 4. The first-order valence-corrected chi connectivity index (χ1v) is 8.11. The first-order chi connectivity index (χ1) is 12.8. The molecule has 0 saturated carbocycles. The van der Waals surface area contributed by atoms with Gasteiger partial charge in [0.2, 0.25) is 5.75 Å². The Kier molecular flexibility index (Phi) is 4.65. The first-order valence-electron chi connectivity index (χ1n) is 8.11. The number of benzene rings is 2. The highest BCUT2D eigenvalue weighted by Gasteiger charge is 2.54. The molecule has 1 aliphatic rings. The predicted molar refractivity (Wildman–Crippen MR) is 90.4 cm³/mol. The first kappa shape index (κ1) is 18.5. The van der Waals surface area contributed by atoms with E-state index in [0.29, 0.717) is 0 Å². The third-order valence-corrected chi connectivity index (χ3v) is 4.42. The topological polar surface area (TPSA) is 102 Å². The Balaban J connectivity index is 2.24. The summed E-state index contributed by atoms with van der Waals surface area (Å²) in [7, 11) is 1.25. The molecule has 0 fully saturated rings. The lowest BCUT2D eigenvalue weighted by atomic mass is 9.73. The fraction of sp³-hybridized carbons (Fsp3) is 0.263. The van der Waals surface area contributed by atoms with Crippen LogP contribution in [0.3, 0.4) is 0 Å². The molecule has 1 atom stereocenters. The van der Waals surface area contributed by atoms with E-state index in [-0.39, 0.29) is 35.7 Å². The standard InChI is InChI=1S/C19H17FO7/c1-3-26-17(23)19(11-7-13(21)16(22)15(8-11)25-2)9-10-6-12(20)4-5-14(10)27-18(19)24/h4-8,21-22H,3,9H2,1-2H3. The Bertz CT molecular complexity index is 925. The van der Waals surface area contributed by atoms with Crippen molar-refractivity contribution in [2.24, 2.45) is 0 Å². The van der Waals surface area contributed by atoms with E-state index in [1.165, 1.54) is 19.2 Å². The summed E-state index contributed by atoms with van der Waals surface area (Å²) in [5.41, 5.74) is -1.71. The number of carbonyl (C=O) groups excluding carboxylic acids is 2. The zero-order chi connectivity index (χ0) is 19.8. The minimum absolute atomic E-state index is 0.00647. The maximum absolute atomic E-state index is 13.7. The van der Waals surface area contributed by atoms with E-state index in [4.69, 9.17) is 14.2 Å². The second-order valence-electron chi connectivity index (χ2n) is 5.99. The van der Waals surface area contributed by atoms with Gasteiger partial charge in [-0.05, 0) is 48.4 Å². The lowest BCUT2D eigenvalue weighted by molar-refractivity contribution is -0.161. The predicted octanol–water partition coefficient (Wildman–Crippen LogP) is 2.21. The maximum atomic E-state index is 13.7. The number of ether oxygens (including phenoxy) is 3. The van der Waals surface area contributed by atoms with Gasteiger partial charge in [-0.3, -0.25) is 9.59 Å². The van der Waals surface area contributed by atoms with E-state index in [0.717, 1.165) is 18.2 Å². The highest BCUT2D eigenvalue weighted by atomic mass is 19.1. The Hall–Kier alpha value is -3.29. The van der Waals surface area contributed by atoms with Gasteiger partial charge in [0.05, 0.1) is 13.7 Å². The molecule has 1 unspecified atom stereocenters. The highest BCUT2D eigenvalue weighted by Crippen LogP contribution is 2.45. The quantitative estimate of drug-likeness (QED) is 0.365. The molecule has 3 rings (SSSR count). The number of phenolic OH excluding ortho intramolecular Hbond substituents is 2. The van der Waals surface area contributed by atoms with Crippen LogP contribution in [-0.4, -0.2) is 35.9 Å². The van der Waals surface area contributed by atoms with E-state index >= 15 is 0 Å². The fourth-order valence-corrected chi connectivity index (χ4v) is 3.07. The van der Waals surface area contributed by atoms with Gasteiger partial charge in [0.25, 0.3) is 0 Å². The summed E-state index contributed by atoms with van der Waals surface area (Å²) in [5.74, 6) is -3.57. The van der Waals surface area contributed by atoms with Gasteiger partial charge in [-0.2, -0.15) is 0 Å². The zero-order valence-corrected chi connectivity index (χ0v) is 14.6. The smallest absolute Gasteiger partial charge is 0.333 e. The second kappa shape index (κ2) is 6.79. The average molecular weight is 376 g/mol. The summed E-state index contributed by atoms with van der Waals surface area (Å²) in [6, 6.07) is 5.89. The Morgan fingerprint density at radius 1 is 1.30 bits per heavy atom. The maximum Gasteiger partial charge on any atom is 0.333 e. The molecule has 0 aliphatic carbocycles. The van der Waals surface area contributed by atoms with Gasteiger partial charge in [-0.25, -0.2) is 4.39 Å². The summed E-state index contributed by atoms with van der Waals surface area (Å²) in [5, 5.41) is 19.8. The number of esters is 2. The number of halogens is 1. The Morgan fingerprint density at radius 2 is 2.04 bits per heavy atom. The molecule has 1 heterocycles. The normalized spacial score (nSPS) is 18.4. The van der Waals surface area contributed by atoms with E-state index < -0.39 is 34.7 Å². The van der Waals surface area contributed by atoms with Crippen LogP contribution >= 0.6 is 0 Å².